The lowest BCUT2D eigenvalue weighted by molar-refractivity contribution is 0.0339. The maximum Gasteiger partial charge on any atom is 0.275 e. The number of hydrogen-bond donors (Lipinski definition) is 2. The number of nitrogens with one attached hydrogen (secondary N) is 1. The van der Waals surface area contributed by atoms with Gasteiger partial charge in [-0.05, 0) is 35.9 Å². The van der Waals surface area contributed by atoms with Gasteiger partial charge in [0.2, 0.25) is 0 Å². The number of hydrogen-bond acceptors (Lipinski definition) is 6. The van der Waals surface area contributed by atoms with Crippen molar-refractivity contribution in [2.45, 2.75) is 6.54 Å². The van der Waals surface area contributed by atoms with Gasteiger partial charge in [0.15, 0.2) is 0 Å². The number of phenolic OH excluding ortho intramolecular Hbond substituents is 1. The molecule has 0 aliphatic carbocycles. The lowest BCUT2D eigenvalue weighted by Gasteiger charge is -2.27. The molecule has 0 bridgehead atoms. The Morgan fingerprint density at radius 3 is 2.75 bits per heavy atom. The molecule has 0 unspecified atom stereocenters. The second kappa shape index (κ2) is 10.7. The van der Waals surface area contributed by atoms with Gasteiger partial charge in [-0.1, -0.05) is 12.1 Å². The number of ether oxygens (including phenoxy) is 2. The zero-order chi connectivity index (χ0) is 19.1. The van der Waals surface area contributed by atoms with Crippen molar-refractivity contribution >= 4 is 24.5 Å². The second-order valence-corrected chi connectivity index (χ2v) is 6.18. The molecule has 3 rings (SSSR count). The Balaban J connectivity index is 0.00000280. The van der Waals surface area contributed by atoms with Gasteiger partial charge in [0.1, 0.15) is 11.5 Å². The van der Waals surface area contributed by atoms with Crippen molar-refractivity contribution in [1.29, 1.82) is 0 Å². The first-order valence-electron chi connectivity index (χ1n) is 8.76. The minimum atomic E-state index is -0.466. The molecule has 1 heterocycles. The number of para-hydroxylation sites is 1. The molecule has 1 aliphatic heterocycles. The average Bonchev–Trinajstić information content (AvgIpc) is 2.69. The number of carbonyl (C=O) groups excluding carboxylic acids is 1. The number of aromatic hydroxyl groups is 1. The van der Waals surface area contributed by atoms with Crippen molar-refractivity contribution in [2.75, 3.05) is 33.4 Å². The molecule has 1 saturated heterocycles. The summed E-state index contributed by atoms with van der Waals surface area (Å²) in [6, 6.07) is 12.1. The number of rotatable bonds is 6. The van der Waals surface area contributed by atoms with Gasteiger partial charge in [0.25, 0.3) is 5.91 Å². The van der Waals surface area contributed by atoms with E-state index in [9.17, 15) is 9.90 Å². The van der Waals surface area contributed by atoms with Crippen LogP contribution in [0, 0.1) is 0 Å². The van der Waals surface area contributed by atoms with E-state index in [1.165, 1.54) is 12.1 Å². The van der Waals surface area contributed by atoms with E-state index < -0.39 is 5.91 Å². The van der Waals surface area contributed by atoms with Crippen LogP contribution >= 0.6 is 12.4 Å². The van der Waals surface area contributed by atoms with E-state index in [1.54, 1.807) is 25.5 Å². The zero-order valence-electron chi connectivity index (χ0n) is 15.6. The summed E-state index contributed by atoms with van der Waals surface area (Å²) in [6.07, 6.45) is 1.57. The van der Waals surface area contributed by atoms with Crippen molar-refractivity contribution in [3.8, 4) is 11.5 Å². The van der Waals surface area contributed by atoms with Crippen molar-refractivity contribution < 1.29 is 19.4 Å². The summed E-state index contributed by atoms with van der Waals surface area (Å²) in [7, 11) is 1.65. The Morgan fingerprint density at radius 2 is 2.04 bits per heavy atom. The maximum absolute atomic E-state index is 12.1. The van der Waals surface area contributed by atoms with Crippen LogP contribution in [0.5, 0.6) is 11.5 Å². The molecular formula is C20H24ClN3O4. The molecule has 2 aromatic rings. The van der Waals surface area contributed by atoms with E-state index in [-0.39, 0.29) is 23.7 Å². The van der Waals surface area contributed by atoms with E-state index in [0.717, 1.165) is 49.7 Å². The Hall–Kier alpha value is -2.61. The third kappa shape index (κ3) is 5.69. The van der Waals surface area contributed by atoms with Gasteiger partial charge < -0.3 is 14.6 Å². The predicted octanol–water partition coefficient (Wildman–Crippen LogP) is 2.42. The Bertz CT molecular complexity index is 823. The number of phenols is 1. The minimum absolute atomic E-state index is 0. The molecule has 1 fully saturated rings. The summed E-state index contributed by atoms with van der Waals surface area (Å²) in [6.45, 7) is 4.01. The van der Waals surface area contributed by atoms with Gasteiger partial charge in [-0.2, -0.15) is 5.10 Å². The Labute approximate surface area is 170 Å². The van der Waals surface area contributed by atoms with Gasteiger partial charge in [0.05, 0.1) is 32.1 Å². The highest BCUT2D eigenvalue weighted by Gasteiger charge is 2.14. The van der Waals surface area contributed by atoms with Crippen LogP contribution in [0.15, 0.2) is 47.6 Å². The molecule has 7 nitrogen and oxygen atoms in total. The summed E-state index contributed by atoms with van der Waals surface area (Å²) in [5, 5.41) is 13.7. The summed E-state index contributed by atoms with van der Waals surface area (Å²) >= 11 is 0. The summed E-state index contributed by atoms with van der Waals surface area (Å²) in [5.41, 5.74) is 4.50. The highest BCUT2D eigenvalue weighted by Crippen LogP contribution is 2.21. The van der Waals surface area contributed by atoms with Crippen molar-refractivity contribution in [2.24, 2.45) is 5.10 Å². The molecule has 0 saturated carbocycles. The van der Waals surface area contributed by atoms with Gasteiger partial charge >= 0.3 is 0 Å². The number of methoxy groups -OCH3 is 1. The van der Waals surface area contributed by atoms with Crippen LogP contribution in [0.3, 0.4) is 0 Å². The number of amides is 1. The van der Waals surface area contributed by atoms with Crippen LogP contribution in [-0.2, 0) is 11.3 Å². The van der Waals surface area contributed by atoms with E-state index in [4.69, 9.17) is 9.47 Å². The topological polar surface area (TPSA) is 83.4 Å². The van der Waals surface area contributed by atoms with E-state index >= 15 is 0 Å². The van der Waals surface area contributed by atoms with Crippen molar-refractivity contribution in [1.82, 2.24) is 10.3 Å². The molecule has 0 aromatic heterocycles. The highest BCUT2D eigenvalue weighted by atomic mass is 35.5. The monoisotopic (exact) mass is 405 g/mol. The molecule has 150 valence electrons. The van der Waals surface area contributed by atoms with Gasteiger partial charge in [0, 0.05) is 25.2 Å². The molecule has 1 amide bonds. The maximum atomic E-state index is 12.1. The number of halogens is 1. The van der Waals surface area contributed by atoms with E-state index in [2.05, 4.69) is 15.4 Å². The van der Waals surface area contributed by atoms with Gasteiger partial charge in [-0.3, -0.25) is 9.69 Å². The summed E-state index contributed by atoms with van der Waals surface area (Å²) in [5.74, 6) is 0.269. The quantitative estimate of drug-likeness (QED) is 0.569. The minimum Gasteiger partial charge on any atom is -0.507 e. The fourth-order valence-electron chi connectivity index (χ4n) is 2.89. The fraction of sp³-hybridized carbons (Fsp3) is 0.300. The van der Waals surface area contributed by atoms with Crippen LogP contribution in [-0.4, -0.2) is 55.5 Å². The predicted molar refractivity (Wildman–Crippen MR) is 110 cm³/mol. The van der Waals surface area contributed by atoms with Gasteiger partial charge in [-0.25, -0.2) is 5.43 Å². The molecule has 0 spiro atoms. The van der Waals surface area contributed by atoms with Crippen LogP contribution < -0.4 is 10.2 Å². The third-order valence-corrected chi connectivity index (χ3v) is 4.33. The van der Waals surface area contributed by atoms with Crippen LogP contribution in [0.1, 0.15) is 21.5 Å². The molecular weight excluding hydrogens is 382 g/mol. The van der Waals surface area contributed by atoms with E-state index in [0.29, 0.717) is 0 Å². The molecule has 2 aromatic carbocycles. The number of benzene rings is 2. The van der Waals surface area contributed by atoms with Crippen molar-refractivity contribution in [3.63, 3.8) is 0 Å². The third-order valence-electron chi connectivity index (χ3n) is 4.33. The smallest absolute Gasteiger partial charge is 0.275 e. The second-order valence-electron chi connectivity index (χ2n) is 6.18. The standard InChI is InChI=1S/C20H23N3O4.ClH/c1-26-19-7-6-15(12-16(19)14-23-8-10-27-11-9-23)13-21-22-20(25)17-4-2-3-5-18(17)24;/h2-7,12-13,24H,8-11,14H2,1H3,(H,22,25);1H. The highest BCUT2D eigenvalue weighted by molar-refractivity contribution is 5.97. The largest absolute Gasteiger partial charge is 0.507 e. The lowest BCUT2D eigenvalue weighted by Crippen LogP contribution is -2.35. The fourth-order valence-corrected chi connectivity index (χ4v) is 2.89. The SMILES string of the molecule is COc1ccc(C=NNC(=O)c2ccccc2O)cc1CN1CCOCC1.Cl. The number of carbonyl (C=O) groups is 1. The van der Waals surface area contributed by atoms with Crippen molar-refractivity contribution in [3.05, 3.63) is 59.2 Å². The Kier molecular flexibility index (Phi) is 8.25. The molecule has 2 N–H and O–H groups in total. The first kappa shape index (κ1) is 21.7. The normalized spacial score (nSPS) is 14.5. The number of nitrogens with zero attached hydrogens (tertiary/aromatic N) is 2. The first-order chi connectivity index (χ1) is 13.2. The average molecular weight is 406 g/mol. The first-order valence-corrected chi connectivity index (χ1v) is 8.76. The molecule has 0 atom stereocenters. The van der Waals surface area contributed by atoms with E-state index in [1.807, 2.05) is 18.2 Å². The summed E-state index contributed by atoms with van der Waals surface area (Å²) < 4.78 is 10.8. The van der Waals surface area contributed by atoms with Crippen LogP contribution in [0.2, 0.25) is 0 Å². The molecule has 8 heteroatoms. The lowest BCUT2D eigenvalue weighted by atomic mass is 10.1. The molecule has 0 radical (unpaired) electrons. The van der Waals surface area contributed by atoms with Gasteiger partial charge in [-0.15, -0.1) is 12.4 Å². The van der Waals surface area contributed by atoms with Crippen LogP contribution in [0.25, 0.3) is 0 Å². The number of hydrazone groups is 1. The zero-order valence-corrected chi connectivity index (χ0v) is 16.4. The Morgan fingerprint density at radius 1 is 1.29 bits per heavy atom. The van der Waals surface area contributed by atoms with Crippen LogP contribution in [0.4, 0.5) is 0 Å². The molecule has 28 heavy (non-hydrogen) atoms. The molecule has 1 aliphatic rings. The number of morpholine rings is 1. The summed E-state index contributed by atoms with van der Waals surface area (Å²) in [4.78, 5) is 14.4.